The molecule has 1 rings (SSSR count). The summed E-state index contributed by atoms with van der Waals surface area (Å²) in [5, 5.41) is 9.49. The maximum absolute atomic E-state index is 13.2. The average molecular weight is 321 g/mol. The summed E-state index contributed by atoms with van der Waals surface area (Å²) < 4.78 is 23.7. The monoisotopic (exact) mass is 320 g/mol. The minimum atomic E-state index is -0.716. The summed E-state index contributed by atoms with van der Waals surface area (Å²) in [7, 11) is 2.61. The summed E-state index contributed by atoms with van der Waals surface area (Å²) >= 11 is 3.15. The van der Waals surface area contributed by atoms with Gasteiger partial charge >= 0.3 is 5.97 Å². The van der Waals surface area contributed by atoms with Gasteiger partial charge in [-0.3, -0.25) is 5.21 Å². The number of rotatable bonds is 4. The standard InChI is InChI=1S/C11H12BrFNO4/c1-17-10(15)6-14(16)5-7-3-8(13)4-9(12)11(7)18-2/h3-4,6,16H,5H2,1-2H3/q+1. The molecular formula is C11H12BrFNO4+. The molecule has 0 fully saturated rings. The van der Waals surface area contributed by atoms with Gasteiger partial charge in [0.2, 0.25) is 6.54 Å². The van der Waals surface area contributed by atoms with Crippen molar-refractivity contribution < 1.29 is 28.6 Å². The van der Waals surface area contributed by atoms with Crippen LogP contribution in [0.25, 0.3) is 0 Å². The molecule has 1 N–H and O–H groups in total. The molecule has 0 radical (unpaired) electrons. The first kappa shape index (κ1) is 14.4. The molecule has 0 atom stereocenters. The number of hydrogen-bond acceptors (Lipinski definition) is 4. The number of esters is 1. The van der Waals surface area contributed by atoms with Crippen molar-refractivity contribution in [1.29, 1.82) is 0 Å². The van der Waals surface area contributed by atoms with Crippen LogP contribution in [-0.2, 0) is 16.1 Å². The molecule has 98 valence electrons. The summed E-state index contributed by atoms with van der Waals surface area (Å²) in [5.74, 6) is -0.815. The van der Waals surface area contributed by atoms with E-state index in [2.05, 4.69) is 20.7 Å². The Morgan fingerprint density at radius 2 is 2.22 bits per heavy atom. The van der Waals surface area contributed by atoms with Crippen LogP contribution in [0.15, 0.2) is 16.6 Å². The molecule has 5 nitrogen and oxygen atoms in total. The molecule has 0 heterocycles. The van der Waals surface area contributed by atoms with Crippen LogP contribution in [0.2, 0.25) is 0 Å². The van der Waals surface area contributed by atoms with E-state index >= 15 is 0 Å². The Morgan fingerprint density at radius 3 is 2.78 bits per heavy atom. The quantitative estimate of drug-likeness (QED) is 0.302. The largest absolute Gasteiger partial charge is 0.495 e. The van der Waals surface area contributed by atoms with Crippen LogP contribution in [0.1, 0.15) is 5.56 Å². The van der Waals surface area contributed by atoms with Gasteiger partial charge in [0.25, 0.3) is 6.21 Å². The number of halogens is 2. The molecule has 1 aromatic rings. The lowest BCUT2D eigenvalue weighted by molar-refractivity contribution is -0.783. The van der Waals surface area contributed by atoms with E-state index < -0.39 is 11.8 Å². The molecule has 0 spiro atoms. The summed E-state index contributed by atoms with van der Waals surface area (Å²) in [5.41, 5.74) is 0.382. The molecule has 18 heavy (non-hydrogen) atoms. The fourth-order valence-corrected chi connectivity index (χ4v) is 1.99. The zero-order valence-electron chi connectivity index (χ0n) is 9.81. The van der Waals surface area contributed by atoms with Gasteiger partial charge in [-0.1, -0.05) is 0 Å². The van der Waals surface area contributed by atoms with E-state index in [0.29, 0.717) is 20.5 Å². The van der Waals surface area contributed by atoms with Gasteiger partial charge in [0, 0.05) is 0 Å². The normalized spacial score (nSPS) is 11.2. The van der Waals surface area contributed by atoms with Crippen LogP contribution >= 0.6 is 15.9 Å². The maximum Gasteiger partial charge on any atom is 0.399 e. The van der Waals surface area contributed by atoms with Crippen LogP contribution in [0.4, 0.5) is 4.39 Å². The fraction of sp³-hybridized carbons (Fsp3) is 0.273. The highest BCUT2D eigenvalue weighted by atomic mass is 79.9. The number of benzene rings is 1. The van der Waals surface area contributed by atoms with Crippen molar-refractivity contribution >= 4 is 28.1 Å². The predicted molar refractivity (Wildman–Crippen MR) is 64.5 cm³/mol. The van der Waals surface area contributed by atoms with Crippen LogP contribution in [0.5, 0.6) is 5.75 Å². The number of carbonyl (C=O) groups excluding carboxylic acids is 1. The molecule has 0 bridgehead atoms. The van der Waals surface area contributed by atoms with Gasteiger partial charge in [-0.2, -0.15) is 0 Å². The van der Waals surface area contributed by atoms with E-state index in [0.717, 1.165) is 6.21 Å². The number of ether oxygens (including phenoxy) is 2. The van der Waals surface area contributed by atoms with Gasteiger partial charge in [0.15, 0.2) is 0 Å². The van der Waals surface area contributed by atoms with E-state index in [9.17, 15) is 14.4 Å². The van der Waals surface area contributed by atoms with E-state index in [-0.39, 0.29) is 6.54 Å². The Hall–Kier alpha value is -1.63. The number of nitrogens with zero attached hydrogens (tertiary/aromatic N) is 1. The van der Waals surface area contributed by atoms with E-state index in [1.807, 2.05) is 0 Å². The van der Waals surface area contributed by atoms with Crippen molar-refractivity contribution in [1.82, 2.24) is 0 Å². The van der Waals surface area contributed by atoms with Gasteiger partial charge in [0.1, 0.15) is 11.6 Å². The minimum Gasteiger partial charge on any atom is -0.495 e. The Kier molecular flexibility index (Phi) is 5.08. The van der Waals surface area contributed by atoms with Crippen molar-refractivity contribution in [3.8, 4) is 5.75 Å². The van der Waals surface area contributed by atoms with Crippen LogP contribution in [0, 0.1) is 5.82 Å². The first-order valence-corrected chi connectivity index (χ1v) is 5.67. The Labute approximate surface area is 112 Å². The molecule has 0 saturated carbocycles. The smallest absolute Gasteiger partial charge is 0.399 e. The highest BCUT2D eigenvalue weighted by Gasteiger charge is 2.16. The first-order valence-electron chi connectivity index (χ1n) is 4.88. The highest BCUT2D eigenvalue weighted by Crippen LogP contribution is 2.30. The summed E-state index contributed by atoms with van der Waals surface area (Å²) in [4.78, 5) is 10.9. The molecule has 0 saturated heterocycles. The van der Waals surface area contributed by atoms with Gasteiger partial charge < -0.3 is 9.47 Å². The van der Waals surface area contributed by atoms with Gasteiger partial charge in [-0.05, 0) is 32.8 Å². The van der Waals surface area contributed by atoms with Crippen molar-refractivity contribution in [3.05, 3.63) is 28.0 Å². The second-order valence-electron chi connectivity index (χ2n) is 3.33. The van der Waals surface area contributed by atoms with E-state index in [4.69, 9.17) is 4.74 Å². The summed E-state index contributed by atoms with van der Waals surface area (Å²) in [6, 6.07) is 2.45. The molecule has 0 unspecified atom stereocenters. The number of carbonyl (C=O) groups is 1. The Morgan fingerprint density at radius 1 is 1.56 bits per heavy atom. The van der Waals surface area contributed by atoms with Crippen molar-refractivity contribution in [2.75, 3.05) is 14.2 Å². The lowest BCUT2D eigenvalue weighted by Crippen LogP contribution is -2.16. The van der Waals surface area contributed by atoms with Crippen molar-refractivity contribution in [3.63, 3.8) is 0 Å². The number of hydrogen-bond donors (Lipinski definition) is 1. The van der Waals surface area contributed by atoms with Crippen LogP contribution in [-0.4, -0.2) is 36.3 Å². The highest BCUT2D eigenvalue weighted by molar-refractivity contribution is 9.10. The third-order valence-corrected chi connectivity index (χ3v) is 2.67. The van der Waals surface area contributed by atoms with Gasteiger partial charge in [-0.15, -0.1) is 0 Å². The Bertz CT molecular complexity index is 490. The lowest BCUT2D eigenvalue weighted by Gasteiger charge is -2.07. The SMILES string of the molecule is COC(=O)C=[N+](O)Cc1cc(F)cc(Br)c1OC. The second kappa shape index (κ2) is 6.34. The number of hydroxylamine groups is 1. The molecule has 1 aromatic carbocycles. The minimum absolute atomic E-state index is 0.116. The van der Waals surface area contributed by atoms with E-state index in [1.165, 1.54) is 26.4 Å². The molecule has 0 aromatic heterocycles. The zero-order chi connectivity index (χ0) is 13.7. The predicted octanol–water partition coefficient (Wildman–Crippen LogP) is 1.74. The second-order valence-corrected chi connectivity index (χ2v) is 4.18. The molecule has 0 aliphatic carbocycles. The zero-order valence-corrected chi connectivity index (χ0v) is 11.4. The van der Waals surface area contributed by atoms with Crippen LogP contribution in [0.3, 0.4) is 0 Å². The van der Waals surface area contributed by atoms with Gasteiger partial charge in [0.05, 0.1) is 24.3 Å². The summed E-state index contributed by atoms with van der Waals surface area (Å²) in [6.45, 7) is -0.116. The van der Waals surface area contributed by atoms with E-state index in [1.54, 1.807) is 0 Å². The summed E-state index contributed by atoms with van der Waals surface area (Å²) in [6.07, 6.45) is 0.845. The molecular weight excluding hydrogens is 309 g/mol. The molecule has 0 aliphatic heterocycles. The Balaban J connectivity index is 3.03. The lowest BCUT2D eigenvalue weighted by atomic mass is 10.2. The third-order valence-electron chi connectivity index (χ3n) is 2.08. The van der Waals surface area contributed by atoms with Crippen LogP contribution < -0.4 is 4.74 Å². The molecule has 0 amide bonds. The average Bonchev–Trinajstić information content (AvgIpc) is 2.28. The maximum atomic E-state index is 13.2. The number of methoxy groups -OCH3 is 2. The van der Waals surface area contributed by atoms with Gasteiger partial charge in [-0.25, -0.2) is 9.18 Å². The first-order chi connectivity index (χ1) is 8.47. The van der Waals surface area contributed by atoms with Crippen molar-refractivity contribution in [2.45, 2.75) is 6.54 Å². The molecule has 7 heteroatoms. The molecule has 0 aliphatic rings. The topological polar surface area (TPSA) is 58.8 Å². The third kappa shape index (κ3) is 3.69. The van der Waals surface area contributed by atoms with Crippen molar-refractivity contribution in [2.24, 2.45) is 0 Å². The fourth-order valence-electron chi connectivity index (χ4n) is 1.35.